The van der Waals surface area contributed by atoms with Crippen LogP contribution in [0.25, 0.3) is 0 Å². The number of rotatable bonds is 3. The SMILES string of the molecule is NC(=S)c1ccc(NC(=O)c2ccccc2Cl)c(F)c1. The van der Waals surface area contributed by atoms with Crippen molar-refractivity contribution in [2.75, 3.05) is 5.32 Å². The van der Waals surface area contributed by atoms with Crippen molar-refractivity contribution in [3.63, 3.8) is 0 Å². The number of nitrogens with one attached hydrogen (secondary N) is 1. The van der Waals surface area contributed by atoms with E-state index in [9.17, 15) is 9.18 Å². The Morgan fingerprint density at radius 2 is 1.95 bits per heavy atom. The third kappa shape index (κ3) is 3.12. The molecule has 0 aliphatic carbocycles. The first-order valence-electron chi connectivity index (χ1n) is 5.64. The van der Waals surface area contributed by atoms with Crippen LogP contribution in [0.5, 0.6) is 0 Å². The fourth-order valence-electron chi connectivity index (χ4n) is 1.60. The quantitative estimate of drug-likeness (QED) is 0.855. The molecule has 2 rings (SSSR count). The average molecular weight is 309 g/mol. The first kappa shape index (κ1) is 14.4. The van der Waals surface area contributed by atoms with Crippen molar-refractivity contribution in [2.45, 2.75) is 0 Å². The van der Waals surface area contributed by atoms with Crippen molar-refractivity contribution in [3.05, 3.63) is 64.4 Å². The molecular formula is C14H10ClFN2OS. The molecule has 0 unspecified atom stereocenters. The zero-order valence-corrected chi connectivity index (χ0v) is 11.8. The van der Waals surface area contributed by atoms with Gasteiger partial charge < -0.3 is 11.1 Å². The number of halogens is 2. The van der Waals surface area contributed by atoms with Gasteiger partial charge in [-0.2, -0.15) is 0 Å². The van der Waals surface area contributed by atoms with Gasteiger partial charge in [-0.15, -0.1) is 0 Å². The molecule has 0 atom stereocenters. The zero-order chi connectivity index (χ0) is 14.7. The predicted molar refractivity (Wildman–Crippen MR) is 81.7 cm³/mol. The second-order valence-corrected chi connectivity index (χ2v) is 4.84. The van der Waals surface area contributed by atoms with Gasteiger partial charge in [0.25, 0.3) is 5.91 Å². The highest BCUT2D eigenvalue weighted by Crippen LogP contribution is 2.20. The number of carbonyl (C=O) groups is 1. The molecule has 0 radical (unpaired) electrons. The topological polar surface area (TPSA) is 55.1 Å². The van der Waals surface area contributed by atoms with Crippen molar-refractivity contribution in [3.8, 4) is 0 Å². The van der Waals surface area contributed by atoms with Crippen LogP contribution in [0.3, 0.4) is 0 Å². The molecule has 0 saturated carbocycles. The van der Waals surface area contributed by atoms with E-state index in [0.29, 0.717) is 10.6 Å². The number of carbonyl (C=O) groups excluding carboxylic acids is 1. The van der Waals surface area contributed by atoms with Gasteiger partial charge in [-0.25, -0.2) is 4.39 Å². The summed E-state index contributed by atoms with van der Waals surface area (Å²) in [6.07, 6.45) is 0. The van der Waals surface area contributed by atoms with E-state index in [1.807, 2.05) is 0 Å². The Bertz CT molecular complexity index is 691. The standard InChI is InChI=1S/C14H10ClFN2OS/c15-10-4-2-1-3-9(10)14(19)18-12-6-5-8(13(17)20)7-11(12)16/h1-7H,(H2,17,20)(H,18,19). The van der Waals surface area contributed by atoms with Gasteiger partial charge in [0.05, 0.1) is 16.3 Å². The summed E-state index contributed by atoms with van der Waals surface area (Å²) in [5.41, 5.74) is 6.11. The number of hydrogen-bond donors (Lipinski definition) is 2. The number of thiocarbonyl (C=S) groups is 1. The van der Waals surface area contributed by atoms with Crippen LogP contribution in [-0.2, 0) is 0 Å². The van der Waals surface area contributed by atoms with Crippen LogP contribution in [0.4, 0.5) is 10.1 Å². The summed E-state index contributed by atoms with van der Waals surface area (Å²) < 4.78 is 13.8. The van der Waals surface area contributed by atoms with Gasteiger partial charge in [0.2, 0.25) is 0 Å². The lowest BCUT2D eigenvalue weighted by Gasteiger charge is -2.08. The van der Waals surface area contributed by atoms with E-state index in [0.717, 1.165) is 0 Å². The van der Waals surface area contributed by atoms with Crippen LogP contribution in [0.15, 0.2) is 42.5 Å². The summed E-state index contributed by atoms with van der Waals surface area (Å²) in [7, 11) is 0. The molecular weight excluding hydrogens is 299 g/mol. The smallest absolute Gasteiger partial charge is 0.257 e. The molecule has 6 heteroatoms. The van der Waals surface area contributed by atoms with Crippen LogP contribution >= 0.6 is 23.8 Å². The lowest BCUT2D eigenvalue weighted by Crippen LogP contribution is -2.15. The summed E-state index contributed by atoms with van der Waals surface area (Å²) in [4.78, 5) is 12.1. The maximum Gasteiger partial charge on any atom is 0.257 e. The summed E-state index contributed by atoms with van der Waals surface area (Å²) in [6.45, 7) is 0. The van der Waals surface area contributed by atoms with Crippen molar-refractivity contribution < 1.29 is 9.18 Å². The van der Waals surface area contributed by atoms with E-state index in [1.165, 1.54) is 18.2 Å². The molecule has 0 heterocycles. The Hall–Kier alpha value is -1.98. The molecule has 0 aliphatic heterocycles. The highest BCUT2D eigenvalue weighted by atomic mass is 35.5. The van der Waals surface area contributed by atoms with Crippen LogP contribution in [0.1, 0.15) is 15.9 Å². The third-order valence-corrected chi connectivity index (χ3v) is 3.19. The summed E-state index contributed by atoms with van der Waals surface area (Å²) in [5.74, 6) is -1.10. The van der Waals surface area contributed by atoms with Crippen molar-refractivity contribution in [2.24, 2.45) is 5.73 Å². The van der Waals surface area contributed by atoms with Gasteiger partial charge in [-0.05, 0) is 30.3 Å². The van der Waals surface area contributed by atoms with E-state index in [1.54, 1.807) is 24.3 Å². The molecule has 0 spiro atoms. The number of benzene rings is 2. The minimum atomic E-state index is -0.615. The number of anilines is 1. The second kappa shape index (κ2) is 5.98. The second-order valence-electron chi connectivity index (χ2n) is 3.99. The fraction of sp³-hybridized carbons (Fsp3) is 0. The van der Waals surface area contributed by atoms with Crippen molar-refractivity contribution in [1.29, 1.82) is 0 Å². The maximum atomic E-state index is 13.8. The molecule has 0 bridgehead atoms. The fourth-order valence-corrected chi connectivity index (χ4v) is 1.95. The van der Waals surface area contributed by atoms with Crippen molar-refractivity contribution in [1.82, 2.24) is 0 Å². The lowest BCUT2D eigenvalue weighted by molar-refractivity contribution is 0.102. The largest absolute Gasteiger partial charge is 0.389 e. The highest BCUT2D eigenvalue weighted by Gasteiger charge is 2.12. The van der Waals surface area contributed by atoms with Crippen LogP contribution in [0, 0.1) is 5.82 Å². The monoisotopic (exact) mass is 308 g/mol. The van der Waals surface area contributed by atoms with Crippen molar-refractivity contribution >= 4 is 40.4 Å². The normalized spacial score (nSPS) is 10.1. The minimum Gasteiger partial charge on any atom is -0.389 e. The molecule has 20 heavy (non-hydrogen) atoms. The van der Waals surface area contributed by atoms with E-state index in [4.69, 9.17) is 29.6 Å². The summed E-state index contributed by atoms with van der Waals surface area (Å²) in [6, 6.07) is 10.6. The Balaban J connectivity index is 2.25. The minimum absolute atomic E-state index is 0.0370. The Labute approximate surface area is 125 Å². The van der Waals surface area contributed by atoms with Gasteiger partial charge in [-0.1, -0.05) is 36.0 Å². The molecule has 3 N–H and O–H groups in total. The van der Waals surface area contributed by atoms with Gasteiger partial charge in [-0.3, -0.25) is 4.79 Å². The average Bonchev–Trinajstić information content (AvgIpc) is 2.41. The van der Waals surface area contributed by atoms with Crippen LogP contribution in [0.2, 0.25) is 5.02 Å². The van der Waals surface area contributed by atoms with Gasteiger partial charge in [0.1, 0.15) is 10.8 Å². The van der Waals surface area contributed by atoms with Gasteiger partial charge in [0, 0.05) is 5.56 Å². The number of amides is 1. The molecule has 0 aliphatic rings. The molecule has 3 nitrogen and oxygen atoms in total. The molecule has 102 valence electrons. The molecule has 0 saturated heterocycles. The van der Waals surface area contributed by atoms with E-state index < -0.39 is 11.7 Å². The molecule has 1 amide bonds. The Morgan fingerprint density at radius 1 is 1.25 bits per heavy atom. The van der Waals surface area contributed by atoms with E-state index in [-0.39, 0.29) is 16.2 Å². The van der Waals surface area contributed by atoms with Crippen LogP contribution in [-0.4, -0.2) is 10.9 Å². The Kier molecular flexibility index (Phi) is 4.32. The van der Waals surface area contributed by atoms with Crippen LogP contribution < -0.4 is 11.1 Å². The van der Waals surface area contributed by atoms with Gasteiger partial charge >= 0.3 is 0 Å². The number of hydrogen-bond acceptors (Lipinski definition) is 2. The highest BCUT2D eigenvalue weighted by molar-refractivity contribution is 7.80. The maximum absolute atomic E-state index is 13.8. The summed E-state index contributed by atoms with van der Waals surface area (Å²) in [5, 5.41) is 2.75. The first-order valence-corrected chi connectivity index (χ1v) is 6.43. The lowest BCUT2D eigenvalue weighted by atomic mass is 10.1. The number of nitrogens with two attached hydrogens (primary N) is 1. The molecule has 2 aromatic rings. The third-order valence-electron chi connectivity index (χ3n) is 2.62. The van der Waals surface area contributed by atoms with E-state index >= 15 is 0 Å². The zero-order valence-electron chi connectivity index (χ0n) is 10.2. The predicted octanol–water partition coefficient (Wildman–Crippen LogP) is 3.37. The summed E-state index contributed by atoms with van der Waals surface area (Å²) >= 11 is 10.7. The molecule has 0 aromatic heterocycles. The first-order chi connectivity index (χ1) is 9.49. The Morgan fingerprint density at radius 3 is 2.55 bits per heavy atom. The molecule has 0 fully saturated rings. The van der Waals surface area contributed by atoms with Gasteiger partial charge in [0.15, 0.2) is 0 Å². The molecule has 2 aromatic carbocycles. The van der Waals surface area contributed by atoms with E-state index in [2.05, 4.69) is 5.32 Å².